The van der Waals surface area contributed by atoms with E-state index in [0.717, 1.165) is 33.9 Å². The predicted octanol–water partition coefficient (Wildman–Crippen LogP) is 5.96. The van der Waals surface area contributed by atoms with Gasteiger partial charge in [-0.3, -0.25) is 4.79 Å². The van der Waals surface area contributed by atoms with E-state index in [2.05, 4.69) is 28.9 Å². The van der Waals surface area contributed by atoms with E-state index in [1.54, 1.807) is 26.2 Å². The molecule has 8 heteroatoms. The van der Waals surface area contributed by atoms with Crippen molar-refractivity contribution in [2.75, 3.05) is 19.0 Å². The maximum Gasteiger partial charge on any atom is 0.243 e. The summed E-state index contributed by atoms with van der Waals surface area (Å²) in [6, 6.07) is 27.9. The van der Waals surface area contributed by atoms with Crippen LogP contribution < -0.4 is 10.1 Å². The number of carbonyl (C=O) groups is 1. The van der Waals surface area contributed by atoms with Gasteiger partial charge >= 0.3 is 0 Å². The molecular weight excluding hydrogens is 510 g/mol. The van der Waals surface area contributed by atoms with E-state index in [1.165, 1.54) is 10.4 Å². The summed E-state index contributed by atoms with van der Waals surface area (Å²) in [6.45, 7) is 4.44. The number of anilines is 1. The molecule has 0 unspecified atom stereocenters. The van der Waals surface area contributed by atoms with Crippen molar-refractivity contribution in [3.8, 4) is 5.75 Å². The first-order valence-corrected chi connectivity index (χ1v) is 14.3. The summed E-state index contributed by atoms with van der Waals surface area (Å²) >= 11 is 0. The third kappa shape index (κ3) is 5.26. The highest BCUT2D eigenvalue weighted by Gasteiger charge is 2.28. The average molecular weight is 542 g/mol. The smallest absolute Gasteiger partial charge is 0.243 e. The van der Waals surface area contributed by atoms with E-state index in [0.29, 0.717) is 17.0 Å². The summed E-state index contributed by atoms with van der Waals surface area (Å²) in [4.78, 5) is 13.4. The molecule has 0 aliphatic carbocycles. The first-order valence-electron chi connectivity index (χ1n) is 12.8. The molecule has 0 fully saturated rings. The van der Waals surface area contributed by atoms with Gasteiger partial charge in [0, 0.05) is 40.6 Å². The summed E-state index contributed by atoms with van der Waals surface area (Å²) in [6.07, 6.45) is 0. The van der Waals surface area contributed by atoms with Crippen LogP contribution in [0, 0.1) is 6.92 Å². The summed E-state index contributed by atoms with van der Waals surface area (Å²) in [5, 5.41) is 5.06. The van der Waals surface area contributed by atoms with E-state index in [1.807, 2.05) is 60.7 Å². The monoisotopic (exact) mass is 541 g/mol. The number of amides is 1. The molecule has 1 N–H and O–H groups in total. The number of carbonyl (C=O) groups excluding carboxylic acids is 1. The third-order valence-corrected chi connectivity index (χ3v) is 8.69. The van der Waals surface area contributed by atoms with Crippen molar-refractivity contribution in [1.82, 2.24) is 8.87 Å². The van der Waals surface area contributed by atoms with Gasteiger partial charge in [-0.2, -0.15) is 4.31 Å². The van der Waals surface area contributed by atoms with Crippen LogP contribution in [-0.4, -0.2) is 36.9 Å². The molecule has 39 heavy (non-hydrogen) atoms. The molecule has 200 valence electrons. The molecule has 1 amide bonds. The van der Waals surface area contributed by atoms with Gasteiger partial charge in [0.05, 0.1) is 18.6 Å². The number of nitrogens with one attached hydrogen (secondary N) is 1. The Kier molecular flexibility index (Phi) is 7.41. The number of nitrogens with zero attached hydrogens (tertiary/aromatic N) is 2. The van der Waals surface area contributed by atoms with Crippen molar-refractivity contribution in [1.29, 1.82) is 0 Å². The predicted molar refractivity (Wildman–Crippen MR) is 156 cm³/mol. The van der Waals surface area contributed by atoms with Crippen LogP contribution in [0.15, 0.2) is 95.9 Å². The molecule has 0 saturated heterocycles. The van der Waals surface area contributed by atoms with Crippen LogP contribution in [0.25, 0.3) is 21.8 Å². The van der Waals surface area contributed by atoms with Gasteiger partial charge < -0.3 is 14.6 Å². The number of fused-ring (bicyclic) bond motifs is 3. The topological polar surface area (TPSA) is 80.6 Å². The molecular formula is C31H31N3O4S. The molecule has 5 aromatic rings. The largest absolute Gasteiger partial charge is 0.496 e. The average Bonchev–Trinajstić information content (AvgIpc) is 3.26. The number of hydrogen-bond acceptors (Lipinski definition) is 4. The van der Waals surface area contributed by atoms with Crippen molar-refractivity contribution in [2.24, 2.45) is 0 Å². The van der Waals surface area contributed by atoms with Gasteiger partial charge in [-0.15, -0.1) is 0 Å². The molecule has 0 bridgehead atoms. The Morgan fingerprint density at radius 2 is 1.62 bits per heavy atom. The highest BCUT2D eigenvalue weighted by Crippen LogP contribution is 2.31. The molecule has 7 nitrogen and oxygen atoms in total. The van der Waals surface area contributed by atoms with Gasteiger partial charge in [0.1, 0.15) is 5.75 Å². The number of hydrogen-bond donors (Lipinski definition) is 1. The maximum atomic E-state index is 13.7. The summed E-state index contributed by atoms with van der Waals surface area (Å²) in [7, 11) is -2.44. The van der Waals surface area contributed by atoms with E-state index < -0.39 is 15.9 Å². The second-order valence-electron chi connectivity index (χ2n) is 9.43. The first-order chi connectivity index (χ1) is 18.8. The van der Waals surface area contributed by atoms with Gasteiger partial charge in [-0.1, -0.05) is 48.5 Å². The highest BCUT2D eigenvalue weighted by atomic mass is 32.2. The molecule has 0 aliphatic heterocycles. The van der Waals surface area contributed by atoms with E-state index in [4.69, 9.17) is 4.74 Å². The molecule has 0 atom stereocenters. The molecule has 1 heterocycles. The second-order valence-corrected chi connectivity index (χ2v) is 11.4. The van der Waals surface area contributed by atoms with Crippen molar-refractivity contribution in [3.63, 3.8) is 0 Å². The Bertz CT molecular complexity index is 1760. The molecule has 0 radical (unpaired) electrons. The normalized spacial score (nSPS) is 11.8. The van der Waals surface area contributed by atoms with Gasteiger partial charge in [0.2, 0.25) is 15.9 Å². The number of benzene rings is 4. The standard InChI is InChI=1S/C31H31N3O4S/c1-4-34-28-13-9-8-12-26(28)27-19-24(14-16-29(27)34)32-31(35)21-33(20-23-10-6-5-7-11-23)39(36,37)25-15-17-30(38-3)22(2)18-25/h5-19H,4,20-21H2,1-3H3,(H,32,35). The lowest BCUT2D eigenvalue weighted by molar-refractivity contribution is -0.116. The number of sulfonamides is 1. The van der Waals surface area contributed by atoms with Crippen LogP contribution in [-0.2, 0) is 27.9 Å². The number of methoxy groups -OCH3 is 1. The fraction of sp³-hybridized carbons (Fsp3) is 0.194. The van der Waals surface area contributed by atoms with Gasteiger partial charge in [0.15, 0.2) is 0 Å². The number of aryl methyl sites for hydroxylation is 2. The Labute approximate surface area is 228 Å². The van der Waals surface area contributed by atoms with Crippen LogP contribution in [0.1, 0.15) is 18.1 Å². The Balaban J connectivity index is 1.45. The first kappa shape index (κ1) is 26.5. The molecule has 5 rings (SSSR count). The molecule has 1 aromatic heterocycles. The maximum absolute atomic E-state index is 13.7. The van der Waals surface area contributed by atoms with E-state index >= 15 is 0 Å². The summed E-state index contributed by atoms with van der Waals surface area (Å²) < 4.78 is 36.2. The fourth-order valence-corrected chi connectivity index (χ4v) is 6.48. The van der Waals surface area contributed by atoms with Gasteiger partial charge in [0.25, 0.3) is 0 Å². The highest BCUT2D eigenvalue weighted by molar-refractivity contribution is 7.89. The Hall–Kier alpha value is -4.14. The third-order valence-electron chi connectivity index (χ3n) is 6.90. The van der Waals surface area contributed by atoms with Crippen molar-refractivity contribution in [3.05, 3.63) is 102 Å². The minimum absolute atomic E-state index is 0.0602. The number of aromatic nitrogens is 1. The van der Waals surface area contributed by atoms with Crippen molar-refractivity contribution >= 4 is 43.4 Å². The zero-order valence-corrected chi connectivity index (χ0v) is 23.0. The summed E-state index contributed by atoms with van der Waals surface area (Å²) in [5.41, 5.74) is 4.31. The van der Waals surface area contributed by atoms with Crippen LogP contribution in [0.4, 0.5) is 5.69 Å². The molecule has 4 aromatic carbocycles. The van der Waals surface area contributed by atoms with Crippen LogP contribution in [0.3, 0.4) is 0 Å². The zero-order chi connectivity index (χ0) is 27.6. The lowest BCUT2D eigenvalue weighted by Gasteiger charge is -2.22. The van der Waals surface area contributed by atoms with Crippen molar-refractivity contribution in [2.45, 2.75) is 31.8 Å². The number of ether oxygens (including phenoxy) is 1. The Morgan fingerprint density at radius 1 is 0.897 bits per heavy atom. The minimum Gasteiger partial charge on any atom is -0.496 e. The molecule has 0 spiro atoms. The van der Waals surface area contributed by atoms with Crippen LogP contribution in [0.2, 0.25) is 0 Å². The van der Waals surface area contributed by atoms with E-state index in [-0.39, 0.29) is 18.0 Å². The Morgan fingerprint density at radius 3 is 2.33 bits per heavy atom. The SMILES string of the molecule is CCn1c2ccccc2c2cc(NC(=O)CN(Cc3ccccc3)S(=O)(=O)c3ccc(OC)c(C)c3)ccc21. The van der Waals surface area contributed by atoms with Crippen LogP contribution in [0.5, 0.6) is 5.75 Å². The second kappa shape index (κ2) is 10.9. The number of para-hydroxylation sites is 1. The van der Waals surface area contributed by atoms with Gasteiger partial charge in [-0.25, -0.2) is 8.42 Å². The lowest BCUT2D eigenvalue weighted by atomic mass is 10.1. The van der Waals surface area contributed by atoms with E-state index in [9.17, 15) is 13.2 Å². The molecule has 0 saturated carbocycles. The molecule has 0 aliphatic rings. The number of rotatable bonds is 9. The van der Waals surface area contributed by atoms with Crippen molar-refractivity contribution < 1.29 is 17.9 Å². The fourth-order valence-electron chi connectivity index (χ4n) is 5.01. The quantitative estimate of drug-likeness (QED) is 0.250. The lowest BCUT2D eigenvalue weighted by Crippen LogP contribution is -2.37. The zero-order valence-electron chi connectivity index (χ0n) is 22.2. The summed E-state index contributed by atoms with van der Waals surface area (Å²) in [5.74, 6) is 0.180. The van der Waals surface area contributed by atoms with Gasteiger partial charge in [-0.05, 0) is 67.4 Å². The van der Waals surface area contributed by atoms with Crippen LogP contribution >= 0.6 is 0 Å². The minimum atomic E-state index is -3.98.